The van der Waals surface area contributed by atoms with Gasteiger partial charge in [0, 0.05) is 13.1 Å². The lowest BCUT2D eigenvalue weighted by Gasteiger charge is -2.44. The van der Waals surface area contributed by atoms with Crippen molar-refractivity contribution in [3.63, 3.8) is 0 Å². The topological polar surface area (TPSA) is 37.4 Å². The van der Waals surface area contributed by atoms with E-state index in [0.717, 1.165) is 31.8 Å². The van der Waals surface area contributed by atoms with E-state index in [1.165, 1.54) is 19.3 Å². The summed E-state index contributed by atoms with van der Waals surface area (Å²) in [5.74, 6) is 1.66. The van der Waals surface area contributed by atoms with Crippen LogP contribution in [0, 0.1) is 5.41 Å². The summed E-state index contributed by atoms with van der Waals surface area (Å²) in [4.78, 5) is 2.33. The third-order valence-corrected chi connectivity index (χ3v) is 6.34. The lowest BCUT2D eigenvalue weighted by molar-refractivity contribution is 0.0949. The van der Waals surface area contributed by atoms with Crippen molar-refractivity contribution in [2.45, 2.75) is 25.7 Å². The van der Waals surface area contributed by atoms with E-state index in [-0.39, 0.29) is 0 Å². The summed E-state index contributed by atoms with van der Waals surface area (Å²) in [6, 6.07) is 0. The lowest BCUT2D eigenvalue weighted by Crippen LogP contribution is -2.44. The van der Waals surface area contributed by atoms with Crippen molar-refractivity contribution in [1.29, 1.82) is 0 Å². The fourth-order valence-electron chi connectivity index (χ4n) is 2.67. The van der Waals surface area contributed by atoms with Crippen LogP contribution in [0.25, 0.3) is 0 Å². The van der Waals surface area contributed by atoms with Crippen LogP contribution in [0.15, 0.2) is 0 Å². The van der Waals surface area contributed by atoms with Gasteiger partial charge in [0.25, 0.3) is 0 Å². The molecule has 1 aliphatic heterocycles. The number of sulfone groups is 1. The molecule has 0 radical (unpaired) electrons. The van der Waals surface area contributed by atoms with Gasteiger partial charge in [0.2, 0.25) is 0 Å². The third-order valence-electron chi connectivity index (χ3n) is 3.96. The standard InChI is InChI=1S/C11H21NO2S2/c13-16(14)7-2-5-12(6-8-16)9-11(10-15)3-1-4-11/h15H,1-10H2. The smallest absolute Gasteiger partial charge is 0.151 e. The Morgan fingerprint density at radius 3 is 2.44 bits per heavy atom. The fourth-order valence-corrected chi connectivity index (χ4v) is 4.39. The summed E-state index contributed by atoms with van der Waals surface area (Å²) in [6.07, 6.45) is 4.64. The molecule has 0 amide bonds. The van der Waals surface area contributed by atoms with Gasteiger partial charge in [0.05, 0.1) is 11.5 Å². The van der Waals surface area contributed by atoms with Crippen molar-refractivity contribution in [1.82, 2.24) is 4.90 Å². The molecule has 16 heavy (non-hydrogen) atoms. The van der Waals surface area contributed by atoms with E-state index in [2.05, 4.69) is 17.5 Å². The molecule has 1 saturated carbocycles. The second-order valence-corrected chi connectivity index (χ2v) is 7.91. The molecular formula is C11H21NO2S2. The van der Waals surface area contributed by atoms with Crippen molar-refractivity contribution in [3.8, 4) is 0 Å². The second-order valence-electron chi connectivity index (χ2n) is 5.29. The molecule has 2 aliphatic rings. The maximum atomic E-state index is 11.5. The Hall–Kier alpha value is 0.260. The normalized spacial score (nSPS) is 29.3. The molecule has 0 atom stereocenters. The highest BCUT2D eigenvalue weighted by molar-refractivity contribution is 7.91. The van der Waals surface area contributed by atoms with Crippen molar-refractivity contribution in [2.75, 3.05) is 36.9 Å². The Morgan fingerprint density at radius 2 is 1.88 bits per heavy atom. The van der Waals surface area contributed by atoms with Gasteiger partial charge in [0.15, 0.2) is 9.84 Å². The van der Waals surface area contributed by atoms with Crippen molar-refractivity contribution in [3.05, 3.63) is 0 Å². The quantitative estimate of drug-likeness (QED) is 0.778. The first-order valence-electron chi connectivity index (χ1n) is 6.09. The highest BCUT2D eigenvalue weighted by atomic mass is 32.2. The second kappa shape index (κ2) is 4.86. The van der Waals surface area contributed by atoms with Crippen LogP contribution in [0.2, 0.25) is 0 Å². The zero-order valence-electron chi connectivity index (χ0n) is 9.69. The Morgan fingerprint density at radius 1 is 1.12 bits per heavy atom. The number of rotatable bonds is 3. The molecule has 0 aromatic rings. The van der Waals surface area contributed by atoms with Gasteiger partial charge in [-0.3, -0.25) is 0 Å². The Kier molecular flexibility index (Phi) is 3.86. The molecule has 1 aliphatic carbocycles. The van der Waals surface area contributed by atoms with Crippen LogP contribution in [-0.2, 0) is 9.84 Å². The van der Waals surface area contributed by atoms with Gasteiger partial charge in [-0.15, -0.1) is 0 Å². The third kappa shape index (κ3) is 2.93. The van der Waals surface area contributed by atoms with Gasteiger partial charge in [-0.1, -0.05) is 6.42 Å². The largest absolute Gasteiger partial charge is 0.302 e. The molecule has 0 aromatic heterocycles. The first-order valence-corrected chi connectivity index (χ1v) is 8.54. The maximum absolute atomic E-state index is 11.5. The van der Waals surface area contributed by atoms with Gasteiger partial charge in [-0.25, -0.2) is 8.42 Å². The van der Waals surface area contributed by atoms with E-state index in [4.69, 9.17) is 0 Å². The molecule has 94 valence electrons. The van der Waals surface area contributed by atoms with Gasteiger partial charge in [-0.05, 0) is 37.0 Å². The monoisotopic (exact) mass is 263 g/mol. The summed E-state index contributed by atoms with van der Waals surface area (Å²) >= 11 is 4.45. The fraction of sp³-hybridized carbons (Fsp3) is 1.00. The van der Waals surface area contributed by atoms with E-state index in [9.17, 15) is 8.42 Å². The minimum Gasteiger partial charge on any atom is -0.302 e. The van der Waals surface area contributed by atoms with Gasteiger partial charge >= 0.3 is 0 Å². The first-order chi connectivity index (χ1) is 7.55. The van der Waals surface area contributed by atoms with Crippen molar-refractivity contribution < 1.29 is 8.42 Å². The first kappa shape index (κ1) is 12.7. The lowest BCUT2D eigenvalue weighted by atomic mass is 9.70. The van der Waals surface area contributed by atoms with E-state index in [1.54, 1.807) is 0 Å². The Labute approximate surface area is 104 Å². The van der Waals surface area contributed by atoms with Crippen LogP contribution < -0.4 is 0 Å². The SMILES string of the molecule is O=S1(=O)CCCN(CC2(CS)CCC2)CC1. The van der Waals surface area contributed by atoms with Crippen LogP contribution in [0.5, 0.6) is 0 Å². The molecule has 0 N–H and O–H groups in total. The van der Waals surface area contributed by atoms with Crippen molar-refractivity contribution in [2.24, 2.45) is 5.41 Å². The molecule has 2 fully saturated rings. The van der Waals surface area contributed by atoms with E-state index in [0.29, 0.717) is 16.9 Å². The van der Waals surface area contributed by atoms with E-state index >= 15 is 0 Å². The van der Waals surface area contributed by atoms with Crippen molar-refractivity contribution >= 4 is 22.5 Å². The molecule has 3 nitrogen and oxygen atoms in total. The van der Waals surface area contributed by atoms with Crippen LogP contribution >= 0.6 is 12.6 Å². The minimum absolute atomic E-state index is 0.343. The summed E-state index contributed by atoms with van der Waals surface area (Å²) in [6.45, 7) is 2.71. The minimum atomic E-state index is -2.76. The maximum Gasteiger partial charge on any atom is 0.151 e. The predicted octanol–water partition coefficient (Wildman–Crippen LogP) is 1.21. The highest BCUT2D eigenvalue weighted by Crippen LogP contribution is 2.42. The van der Waals surface area contributed by atoms with E-state index < -0.39 is 9.84 Å². The van der Waals surface area contributed by atoms with Crippen LogP contribution in [0.3, 0.4) is 0 Å². The summed E-state index contributed by atoms with van der Waals surface area (Å²) < 4.78 is 23.0. The molecule has 2 rings (SSSR count). The number of nitrogens with zero attached hydrogens (tertiary/aromatic N) is 1. The molecule has 0 unspecified atom stereocenters. The molecule has 0 spiro atoms. The molecule has 0 bridgehead atoms. The Balaban J connectivity index is 1.91. The molecule has 1 saturated heterocycles. The summed E-state index contributed by atoms with van der Waals surface area (Å²) in [5, 5.41) is 0. The average Bonchev–Trinajstić information content (AvgIpc) is 2.34. The zero-order valence-corrected chi connectivity index (χ0v) is 11.4. The molecular weight excluding hydrogens is 242 g/mol. The number of thiol groups is 1. The van der Waals surface area contributed by atoms with Crippen LogP contribution in [-0.4, -0.2) is 50.2 Å². The average molecular weight is 263 g/mol. The van der Waals surface area contributed by atoms with Gasteiger partial charge in [-0.2, -0.15) is 12.6 Å². The van der Waals surface area contributed by atoms with E-state index in [1.807, 2.05) is 0 Å². The van der Waals surface area contributed by atoms with Gasteiger partial charge < -0.3 is 4.90 Å². The van der Waals surface area contributed by atoms with Crippen LogP contribution in [0.1, 0.15) is 25.7 Å². The Bertz CT molecular complexity index is 330. The zero-order chi connectivity index (χ0) is 11.6. The van der Waals surface area contributed by atoms with Gasteiger partial charge in [0.1, 0.15) is 0 Å². The summed E-state index contributed by atoms with van der Waals surface area (Å²) in [5.41, 5.74) is 0.386. The number of hydrogen-bond acceptors (Lipinski definition) is 4. The molecule has 5 heteroatoms. The summed E-state index contributed by atoms with van der Waals surface area (Å²) in [7, 11) is -2.76. The molecule has 0 aromatic carbocycles. The highest BCUT2D eigenvalue weighted by Gasteiger charge is 2.37. The predicted molar refractivity (Wildman–Crippen MR) is 69.8 cm³/mol. The van der Waals surface area contributed by atoms with Crippen LogP contribution in [0.4, 0.5) is 0 Å². The number of hydrogen-bond donors (Lipinski definition) is 1. The molecule has 1 heterocycles.